The summed E-state index contributed by atoms with van der Waals surface area (Å²) in [4.78, 5) is 5.09. The summed E-state index contributed by atoms with van der Waals surface area (Å²) >= 11 is 1.80. The predicted octanol–water partition coefficient (Wildman–Crippen LogP) is 10.1. The number of rotatable bonds is 2. The molecule has 9 aromatic rings. The van der Waals surface area contributed by atoms with Crippen LogP contribution in [0, 0.1) is 0 Å². The van der Waals surface area contributed by atoms with Crippen molar-refractivity contribution in [1.29, 1.82) is 0 Å². The number of oxazole rings is 1. The van der Waals surface area contributed by atoms with Crippen molar-refractivity contribution in [3.8, 4) is 17.1 Å². The molecule has 4 heteroatoms. The van der Waals surface area contributed by atoms with Gasteiger partial charge in [0, 0.05) is 47.6 Å². The van der Waals surface area contributed by atoms with Crippen molar-refractivity contribution in [3.63, 3.8) is 0 Å². The highest BCUT2D eigenvalue weighted by atomic mass is 32.1. The van der Waals surface area contributed by atoms with E-state index in [9.17, 15) is 0 Å². The SMILES string of the molecule is c1ccc(-n2c3ccccc3c3c(-c4nc5ccc6sc7ccccc7c6c5o4)cc4ccccc4c32)cc1. The van der Waals surface area contributed by atoms with E-state index in [1.807, 2.05) is 0 Å². The summed E-state index contributed by atoms with van der Waals surface area (Å²) < 4.78 is 11.6. The molecule has 0 spiro atoms. The fraction of sp³-hybridized carbons (Fsp3) is 0. The first-order chi connectivity index (χ1) is 19.3. The van der Waals surface area contributed by atoms with E-state index in [1.54, 1.807) is 11.3 Å². The van der Waals surface area contributed by atoms with Crippen LogP contribution in [-0.2, 0) is 0 Å². The molecule has 0 fully saturated rings. The van der Waals surface area contributed by atoms with E-state index < -0.39 is 0 Å². The minimum Gasteiger partial charge on any atom is -0.435 e. The van der Waals surface area contributed by atoms with E-state index in [2.05, 4.69) is 126 Å². The zero-order valence-electron chi connectivity index (χ0n) is 20.8. The number of fused-ring (bicyclic) bond motifs is 10. The Balaban J connectivity index is 1.46. The number of aromatic nitrogens is 2. The van der Waals surface area contributed by atoms with Gasteiger partial charge in [-0.05, 0) is 47.9 Å². The predicted molar refractivity (Wildman–Crippen MR) is 164 cm³/mol. The average molecular weight is 517 g/mol. The summed E-state index contributed by atoms with van der Waals surface area (Å²) in [5, 5.41) is 7.08. The van der Waals surface area contributed by atoms with Crippen LogP contribution in [0.1, 0.15) is 0 Å². The summed E-state index contributed by atoms with van der Waals surface area (Å²) in [6.45, 7) is 0. The zero-order chi connectivity index (χ0) is 25.5. The monoisotopic (exact) mass is 516 g/mol. The molecular weight excluding hydrogens is 496 g/mol. The maximum atomic E-state index is 6.74. The van der Waals surface area contributed by atoms with Crippen molar-refractivity contribution in [2.45, 2.75) is 0 Å². The van der Waals surface area contributed by atoms with Gasteiger partial charge in [0.05, 0.1) is 11.0 Å². The van der Waals surface area contributed by atoms with Crippen LogP contribution in [0.15, 0.2) is 126 Å². The van der Waals surface area contributed by atoms with E-state index >= 15 is 0 Å². The van der Waals surface area contributed by atoms with Gasteiger partial charge in [-0.15, -0.1) is 11.3 Å². The minimum absolute atomic E-state index is 0.652. The van der Waals surface area contributed by atoms with E-state index in [-0.39, 0.29) is 0 Å². The lowest BCUT2D eigenvalue weighted by molar-refractivity contribution is 0.624. The first-order valence-corrected chi connectivity index (χ1v) is 13.9. The Morgan fingerprint density at radius 1 is 0.615 bits per heavy atom. The van der Waals surface area contributed by atoms with Crippen LogP contribution >= 0.6 is 11.3 Å². The van der Waals surface area contributed by atoms with Crippen molar-refractivity contribution < 1.29 is 4.42 Å². The zero-order valence-corrected chi connectivity index (χ0v) is 21.6. The van der Waals surface area contributed by atoms with Crippen LogP contribution in [0.25, 0.3) is 81.0 Å². The molecule has 3 aromatic heterocycles. The van der Waals surface area contributed by atoms with Crippen LogP contribution in [0.4, 0.5) is 0 Å². The van der Waals surface area contributed by atoms with Crippen LogP contribution in [0.3, 0.4) is 0 Å². The molecule has 6 aromatic carbocycles. The lowest BCUT2D eigenvalue weighted by Crippen LogP contribution is -1.94. The Kier molecular flexibility index (Phi) is 4.21. The first-order valence-electron chi connectivity index (χ1n) is 13.1. The van der Waals surface area contributed by atoms with Gasteiger partial charge in [-0.2, -0.15) is 0 Å². The number of para-hydroxylation sites is 2. The summed E-state index contributed by atoms with van der Waals surface area (Å²) in [6, 6.07) is 42.9. The number of thiophene rings is 1. The molecule has 0 radical (unpaired) electrons. The highest BCUT2D eigenvalue weighted by Crippen LogP contribution is 2.44. The lowest BCUT2D eigenvalue weighted by Gasteiger charge is -2.11. The van der Waals surface area contributed by atoms with Gasteiger partial charge in [0.15, 0.2) is 5.58 Å². The highest BCUT2D eigenvalue weighted by Gasteiger charge is 2.22. The molecule has 0 bridgehead atoms. The molecule has 0 aliphatic rings. The van der Waals surface area contributed by atoms with Crippen LogP contribution in [-0.4, -0.2) is 9.55 Å². The summed E-state index contributed by atoms with van der Waals surface area (Å²) in [6.07, 6.45) is 0. The van der Waals surface area contributed by atoms with Crippen LogP contribution in [0.2, 0.25) is 0 Å². The summed E-state index contributed by atoms with van der Waals surface area (Å²) in [7, 11) is 0. The highest BCUT2D eigenvalue weighted by molar-refractivity contribution is 7.26. The number of benzene rings is 6. The van der Waals surface area contributed by atoms with E-state index in [4.69, 9.17) is 9.40 Å². The molecule has 0 saturated carbocycles. The maximum absolute atomic E-state index is 6.74. The van der Waals surface area contributed by atoms with Gasteiger partial charge in [0.1, 0.15) is 5.52 Å². The molecule has 182 valence electrons. The van der Waals surface area contributed by atoms with Crippen molar-refractivity contribution >= 4 is 75.2 Å². The molecule has 39 heavy (non-hydrogen) atoms. The molecule has 0 saturated heterocycles. The Hall–Kier alpha value is -4.93. The van der Waals surface area contributed by atoms with Crippen molar-refractivity contribution in [2.75, 3.05) is 0 Å². The van der Waals surface area contributed by atoms with E-state index in [0.717, 1.165) is 38.5 Å². The number of hydrogen-bond acceptors (Lipinski definition) is 3. The summed E-state index contributed by atoms with van der Waals surface area (Å²) in [5.74, 6) is 0.652. The molecule has 3 nitrogen and oxygen atoms in total. The molecule has 0 aliphatic carbocycles. The van der Waals surface area contributed by atoms with Gasteiger partial charge in [-0.1, -0.05) is 78.9 Å². The Morgan fingerprint density at radius 2 is 1.36 bits per heavy atom. The molecule has 3 heterocycles. The van der Waals surface area contributed by atoms with Gasteiger partial charge in [0.25, 0.3) is 0 Å². The second-order valence-corrected chi connectivity index (χ2v) is 11.0. The second-order valence-electron chi connectivity index (χ2n) is 9.96. The Morgan fingerprint density at radius 3 is 2.26 bits per heavy atom. The van der Waals surface area contributed by atoms with Gasteiger partial charge in [0.2, 0.25) is 5.89 Å². The minimum atomic E-state index is 0.652. The van der Waals surface area contributed by atoms with Gasteiger partial charge in [-0.3, -0.25) is 0 Å². The summed E-state index contributed by atoms with van der Waals surface area (Å²) in [5.41, 5.74) is 6.22. The standard InChI is InChI=1S/C35H20N2OS/c1-2-11-22(12-3-1)37-28-16-8-6-14-24(28)31-26(20-21-10-4-5-13-23(21)33(31)37)35-36-27-18-19-30-32(34(27)38-35)25-15-7-9-17-29(25)39-30/h1-20H. The topological polar surface area (TPSA) is 31.0 Å². The van der Waals surface area contributed by atoms with E-state index in [0.29, 0.717) is 5.89 Å². The van der Waals surface area contributed by atoms with Crippen LogP contribution in [0.5, 0.6) is 0 Å². The second kappa shape index (κ2) is 7.79. The largest absolute Gasteiger partial charge is 0.435 e. The Labute approximate surface area is 227 Å². The Bertz CT molecular complexity index is 2390. The average Bonchev–Trinajstić information content (AvgIpc) is 3.69. The van der Waals surface area contributed by atoms with Crippen molar-refractivity contribution in [2.24, 2.45) is 0 Å². The normalized spacial score (nSPS) is 12.1. The maximum Gasteiger partial charge on any atom is 0.228 e. The molecule has 0 aliphatic heterocycles. The number of hydrogen-bond donors (Lipinski definition) is 0. The van der Waals surface area contributed by atoms with Crippen LogP contribution < -0.4 is 0 Å². The molecule has 0 atom stereocenters. The molecule has 0 unspecified atom stereocenters. The van der Waals surface area contributed by atoms with Crippen molar-refractivity contribution in [3.05, 3.63) is 121 Å². The van der Waals surface area contributed by atoms with Gasteiger partial charge in [-0.25, -0.2) is 4.98 Å². The lowest BCUT2D eigenvalue weighted by atomic mass is 10.00. The third-order valence-electron chi connectivity index (χ3n) is 7.80. The van der Waals surface area contributed by atoms with Gasteiger partial charge < -0.3 is 8.98 Å². The first kappa shape index (κ1) is 21.1. The van der Waals surface area contributed by atoms with Gasteiger partial charge >= 0.3 is 0 Å². The quantitative estimate of drug-likeness (QED) is 0.229. The fourth-order valence-electron chi connectivity index (χ4n) is 6.16. The third kappa shape index (κ3) is 2.89. The molecule has 0 amide bonds. The molecule has 0 N–H and O–H groups in total. The van der Waals surface area contributed by atoms with Crippen molar-refractivity contribution in [1.82, 2.24) is 9.55 Å². The number of nitrogens with zero attached hydrogens (tertiary/aromatic N) is 2. The molecular formula is C35H20N2OS. The molecule has 9 rings (SSSR count). The van der Waals surface area contributed by atoms with E-state index in [1.165, 1.54) is 36.6 Å². The third-order valence-corrected chi connectivity index (χ3v) is 8.94. The smallest absolute Gasteiger partial charge is 0.228 e. The fourth-order valence-corrected chi connectivity index (χ4v) is 7.26.